The van der Waals surface area contributed by atoms with E-state index in [2.05, 4.69) is 204 Å². The zero-order valence-corrected chi connectivity index (χ0v) is 29.2. The van der Waals surface area contributed by atoms with Crippen molar-refractivity contribution in [1.82, 2.24) is 9.13 Å². The maximum Gasteiger partial charge on any atom is 0.0541 e. The van der Waals surface area contributed by atoms with Gasteiger partial charge in [0.15, 0.2) is 0 Å². The van der Waals surface area contributed by atoms with Crippen molar-refractivity contribution in [2.45, 2.75) is 25.2 Å². The second-order valence-corrected chi connectivity index (χ2v) is 14.1. The van der Waals surface area contributed by atoms with Crippen LogP contribution in [0, 0.1) is 0 Å². The molecule has 52 heavy (non-hydrogen) atoms. The zero-order valence-electron chi connectivity index (χ0n) is 29.2. The molecule has 0 N–H and O–H groups in total. The highest BCUT2D eigenvalue weighted by Crippen LogP contribution is 2.47. The SMILES string of the molecule is CC1c2c(n(-c3ccc(-c4ccccc4)cc3)c3ccccc23)C=CC1c1ccc2c(c1)c1ccccc1n2-c1cccc(C2=CCC=CC=C2)c1. The standard InChI is InChI=1S/C50H38N2/c1-34-42(29-31-49-50(34)44-21-10-12-23-47(44)51(49)40-27-24-37(25-28-40)35-14-7-4-8-15-35)39-26-30-48-45(33-39)43-20-9-11-22-46(43)52(48)41-19-13-18-38(32-41)36-16-5-2-3-6-17-36/h2-5,7-34,42H,6H2,1H3. The summed E-state index contributed by atoms with van der Waals surface area (Å²) in [6.07, 6.45) is 16.7. The summed E-state index contributed by atoms with van der Waals surface area (Å²) in [4.78, 5) is 0. The summed E-state index contributed by atoms with van der Waals surface area (Å²) < 4.78 is 4.89. The van der Waals surface area contributed by atoms with Crippen LogP contribution in [0.25, 0.3) is 66.9 Å². The summed E-state index contributed by atoms with van der Waals surface area (Å²) in [6.45, 7) is 2.41. The molecule has 0 fully saturated rings. The summed E-state index contributed by atoms with van der Waals surface area (Å²) in [5, 5.41) is 3.91. The van der Waals surface area contributed by atoms with Crippen molar-refractivity contribution in [3.8, 4) is 22.5 Å². The van der Waals surface area contributed by atoms with Gasteiger partial charge in [-0.3, -0.25) is 0 Å². The molecule has 2 nitrogen and oxygen atoms in total. The van der Waals surface area contributed by atoms with Crippen LogP contribution in [0.15, 0.2) is 182 Å². The van der Waals surface area contributed by atoms with Crippen LogP contribution in [0.3, 0.4) is 0 Å². The lowest BCUT2D eigenvalue weighted by Crippen LogP contribution is -2.12. The number of allylic oxidation sites excluding steroid dienone is 7. The fraction of sp³-hybridized carbons (Fsp3) is 0.0800. The third-order valence-corrected chi connectivity index (χ3v) is 11.2. The molecule has 2 aromatic heterocycles. The average Bonchev–Trinajstić information content (AvgIpc) is 3.56. The molecular weight excluding hydrogens is 629 g/mol. The van der Waals surface area contributed by atoms with Crippen molar-refractivity contribution in [2.24, 2.45) is 0 Å². The molecule has 0 bridgehead atoms. The first-order chi connectivity index (χ1) is 25.7. The fourth-order valence-electron chi connectivity index (χ4n) is 8.67. The van der Waals surface area contributed by atoms with Gasteiger partial charge in [0.25, 0.3) is 0 Å². The average molecular weight is 667 g/mol. The van der Waals surface area contributed by atoms with E-state index in [1.807, 2.05) is 0 Å². The first kappa shape index (κ1) is 30.4. The van der Waals surface area contributed by atoms with Gasteiger partial charge < -0.3 is 9.13 Å². The summed E-state index contributed by atoms with van der Waals surface area (Å²) in [7, 11) is 0. The maximum absolute atomic E-state index is 2.46. The molecule has 2 heterocycles. The molecule has 2 aliphatic carbocycles. The molecule has 0 saturated heterocycles. The van der Waals surface area contributed by atoms with E-state index in [4.69, 9.17) is 0 Å². The number of nitrogens with zero attached hydrogens (tertiary/aromatic N) is 2. The van der Waals surface area contributed by atoms with Crippen LogP contribution in [-0.2, 0) is 0 Å². The van der Waals surface area contributed by atoms with Gasteiger partial charge in [-0.2, -0.15) is 0 Å². The van der Waals surface area contributed by atoms with Crippen LogP contribution < -0.4 is 0 Å². The summed E-state index contributed by atoms with van der Waals surface area (Å²) >= 11 is 0. The molecule has 6 aromatic carbocycles. The Kier molecular flexibility index (Phi) is 7.28. The molecule has 10 rings (SSSR count). The summed E-state index contributed by atoms with van der Waals surface area (Å²) in [6, 6.07) is 53.6. The van der Waals surface area contributed by atoms with Gasteiger partial charge in [-0.15, -0.1) is 0 Å². The minimum absolute atomic E-state index is 0.254. The Morgan fingerprint density at radius 1 is 0.519 bits per heavy atom. The molecule has 0 spiro atoms. The van der Waals surface area contributed by atoms with E-state index in [1.54, 1.807) is 0 Å². The van der Waals surface area contributed by atoms with E-state index in [9.17, 15) is 0 Å². The second kappa shape index (κ2) is 12.4. The second-order valence-electron chi connectivity index (χ2n) is 14.1. The van der Waals surface area contributed by atoms with Gasteiger partial charge in [0.05, 0.1) is 22.2 Å². The molecular formula is C50H38N2. The van der Waals surface area contributed by atoms with E-state index in [0.717, 1.165) is 6.42 Å². The van der Waals surface area contributed by atoms with Crippen LogP contribution in [0.1, 0.15) is 47.6 Å². The minimum Gasteiger partial charge on any atom is -0.310 e. The highest BCUT2D eigenvalue weighted by atomic mass is 15.0. The van der Waals surface area contributed by atoms with E-state index < -0.39 is 0 Å². The Morgan fingerprint density at radius 3 is 2.08 bits per heavy atom. The highest BCUT2D eigenvalue weighted by Gasteiger charge is 2.30. The number of aromatic nitrogens is 2. The van der Waals surface area contributed by atoms with Gasteiger partial charge in [-0.05, 0) is 100 Å². The zero-order chi connectivity index (χ0) is 34.6. The first-order valence-electron chi connectivity index (χ1n) is 18.4. The normalized spacial score (nSPS) is 16.8. The summed E-state index contributed by atoms with van der Waals surface area (Å²) in [5.74, 6) is 0.553. The van der Waals surface area contributed by atoms with E-state index >= 15 is 0 Å². The molecule has 0 aliphatic heterocycles. The summed E-state index contributed by atoms with van der Waals surface area (Å²) in [5.41, 5.74) is 15.1. The molecule has 0 amide bonds. The van der Waals surface area contributed by atoms with E-state index in [-0.39, 0.29) is 5.92 Å². The Labute approximate surface area is 304 Å². The van der Waals surface area contributed by atoms with Crippen LogP contribution in [0.2, 0.25) is 0 Å². The molecule has 0 radical (unpaired) electrons. The maximum atomic E-state index is 2.46. The lowest BCUT2D eigenvalue weighted by Gasteiger charge is -2.27. The van der Waals surface area contributed by atoms with E-state index in [1.165, 1.54) is 83.2 Å². The van der Waals surface area contributed by atoms with Gasteiger partial charge in [0.2, 0.25) is 0 Å². The molecule has 8 aromatic rings. The number of hydrogen-bond donors (Lipinski definition) is 0. The van der Waals surface area contributed by atoms with Gasteiger partial charge in [0.1, 0.15) is 0 Å². The predicted molar refractivity (Wildman–Crippen MR) is 221 cm³/mol. The molecule has 0 saturated carbocycles. The van der Waals surface area contributed by atoms with Gasteiger partial charge in [-0.25, -0.2) is 0 Å². The van der Waals surface area contributed by atoms with Gasteiger partial charge >= 0.3 is 0 Å². The monoisotopic (exact) mass is 666 g/mol. The molecule has 2 unspecified atom stereocenters. The number of fused-ring (bicyclic) bond motifs is 6. The van der Waals surface area contributed by atoms with Crippen molar-refractivity contribution >= 4 is 44.4 Å². The minimum atomic E-state index is 0.254. The van der Waals surface area contributed by atoms with Crippen molar-refractivity contribution in [1.29, 1.82) is 0 Å². The smallest absolute Gasteiger partial charge is 0.0541 e. The number of rotatable bonds is 5. The van der Waals surface area contributed by atoms with Gasteiger partial charge in [-0.1, -0.05) is 140 Å². The molecule has 248 valence electrons. The van der Waals surface area contributed by atoms with Crippen LogP contribution in [0.5, 0.6) is 0 Å². The molecule has 2 aliphatic rings. The lowest BCUT2D eigenvalue weighted by molar-refractivity contribution is 0.672. The molecule has 2 atom stereocenters. The van der Waals surface area contributed by atoms with Gasteiger partial charge in [0, 0.05) is 33.5 Å². The van der Waals surface area contributed by atoms with Crippen LogP contribution >= 0.6 is 0 Å². The van der Waals surface area contributed by atoms with Crippen molar-refractivity contribution in [3.05, 3.63) is 204 Å². The van der Waals surface area contributed by atoms with Crippen molar-refractivity contribution < 1.29 is 0 Å². The number of hydrogen-bond acceptors (Lipinski definition) is 0. The first-order valence-corrected chi connectivity index (χ1v) is 18.4. The third-order valence-electron chi connectivity index (χ3n) is 11.2. The van der Waals surface area contributed by atoms with E-state index in [0.29, 0.717) is 5.92 Å². The Bertz CT molecular complexity index is 2760. The quantitative estimate of drug-likeness (QED) is 0.173. The largest absolute Gasteiger partial charge is 0.310 e. The fourth-order valence-corrected chi connectivity index (χ4v) is 8.67. The third kappa shape index (κ3) is 4.94. The lowest BCUT2D eigenvalue weighted by atomic mass is 9.78. The number of benzene rings is 6. The van der Waals surface area contributed by atoms with Crippen molar-refractivity contribution in [2.75, 3.05) is 0 Å². The van der Waals surface area contributed by atoms with Crippen LogP contribution in [-0.4, -0.2) is 9.13 Å². The Morgan fingerprint density at radius 2 is 1.23 bits per heavy atom. The number of para-hydroxylation sites is 2. The highest BCUT2D eigenvalue weighted by molar-refractivity contribution is 6.09. The Balaban J connectivity index is 1.06. The van der Waals surface area contributed by atoms with Crippen molar-refractivity contribution in [3.63, 3.8) is 0 Å². The topological polar surface area (TPSA) is 9.86 Å². The van der Waals surface area contributed by atoms with Crippen LogP contribution in [0.4, 0.5) is 0 Å². The Hall–Kier alpha value is -6.38. The predicted octanol–water partition coefficient (Wildman–Crippen LogP) is 13.2. The molecule has 2 heteroatoms.